The summed E-state index contributed by atoms with van der Waals surface area (Å²) >= 11 is 0. The van der Waals surface area contributed by atoms with E-state index < -0.39 is 23.4 Å². The van der Waals surface area contributed by atoms with Gasteiger partial charge in [-0.1, -0.05) is 36.4 Å². The van der Waals surface area contributed by atoms with Crippen LogP contribution in [0.5, 0.6) is 11.5 Å². The Morgan fingerprint density at radius 2 is 1.86 bits per heavy atom. The molecule has 36 heavy (non-hydrogen) atoms. The highest BCUT2D eigenvalue weighted by Crippen LogP contribution is 2.50. The number of fused-ring (bicyclic) bond motifs is 2. The van der Waals surface area contributed by atoms with E-state index in [1.807, 2.05) is 13.8 Å². The number of para-hydroxylation sites is 1. The van der Waals surface area contributed by atoms with Crippen LogP contribution in [-0.2, 0) is 16.9 Å². The fraction of sp³-hybridized carbons (Fsp3) is 0.296. The van der Waals surface area contributed by atoms with Crippen molar-refractivity contribution < 1.29 is 23.6 Å². The molecular formula is C27H26FN3O5. The molecule has 0 radical (unpaired) electrons. The number of amides is 1. The van der Waals surface area contributed by atoms with Gasteiger partial charge in [-0.2, -0.15) is 0 Å². The summed E-state index contributed by atoms with van der Waals surface area (Å²) in [4.78, 5) is 25.4. The SMILES string of the molecule is CCOc1cc([C@@H]2[C@H](C)N[C@@]3(C(=O)Nc4ccccc43)[C@@H]2[N+](=O)[O-])ccc1OCc1cccc(F)c1. The van der Waals surface area contributed by atoms with Gasteiger partial charge in [0.1, 0.15) is 12.4 Å². The predicted molar refractivity (Wildman–Crippen MR) is 131 cm³/mol. The average molecular weight is 492 g/mol. The third-order valence-electron chi connectivity index (χ3n) is 6.90. The minimum absolute atomic E-state index is 0.135. The second-order valence-electron chi connectivity index (χ2n) is 9.05. The summed E-state index contributed by atoms with van der Waals surface area (Å²) in [6.07, 6.45) is 0. The van der Waals surface area contributed by atoms with Gasteiger partial charge in [0.25, 0.3) is 11.9 Å². The van der Waals surface area contributed by atoms with Gasteiger partial charge in [0.15, 0.2) is 17.0 Å². The smallest absolute Gasteiger partial charge is 0.256 e. The Hall–Kier alpha value is -3.98. The van der Waals surface area contributed by atoms with E-state index in [1.165, 1.54) is 12.1 Å². The molecule has 3 aromatic carbocycles. The van der Waals surface area contributed by atoms with Crippen LogP contribution >= 0.6 is 0 Å². The molecule has 1 saturated heterocycles. The summed E-state index contributed by atoms with van der Waals surface area (Å²) in [7, 11) is 0. The molecule has 2 aliphatic heterocycles. The van der Waals surface area contributed by atoms with Crippen LogP contribution in [0.2, 0.25) is 0 Å². The van der Waals surface area contributed by atoms with Crippen molar-refractivity contribution in [1.29, 1.82) is 0 Å². The van der Waals surface area contributed by atoms with Gasteiger partial charge in [0.05, 0.1) is 12.5 Å². The van der Waals surface area contributed by atoms with Gasteiger partial charge in [0, 0.05) is 22.2 Å². The number of carbonyl (C=O) groups is 1. The van der Waals surface area contributed by atoms with Gasteiger partial charge < -0.3 is 14.8 Å². The molecular weight excluding hydrogens is 465 g/mol. The fourth-order valence-corrected chi connectivity index (χ4v) is 5.46. The van der Waals surface area contributed by atoms with E-state index in [-0.39, 0.29) is 23.4 Å². The average Bonchev–Trinajstić information content (AvgIpc) is 3.32. The third kappa shape index (κ3) is 3.85. The predicted octanol–water partition coefficient (Wildman–Crippen LogP) is 4.37. The molecule has 0 saturated carbocycles. The number of hydrogen-bond acceptors (Lipinski definition) is 6. The molecule has 2 heterocycles. The Morgan fingerprint density at radius 3 is 2.61 bits per heavy atom. The zero-order chi connectivity index (χ0) is 25.4. The molecule has 186 valence electrons. The van der Waals surface area contributed by atoms with Crippen molar-refractivity contribution in [2.45, 2.75) is 44.0 Å². The molecule has 9 heteroatoms. The molecule has 2 aliphatic rings. The lowest BCUT2D eigenvalue weighted by Crippen LogP contribution is -2.54. The third-order valence-corrected chi connectivity index (χ3v) is 6.90. The number of nitro groups is 1. The van der Waals surface area contributed by atoms with Crippen molar-refractivity contribution >= 4 is 11.6 Å². The Kier molecular flexibility index (Phi) is 6.09. The van der Waals surface area contributed by atoms with Crippen molar-refractivity contribution in [1.82, 2.24) is 5.32 Å². The van der Waals surface area contributed by atoms with Crippen LogP contribution in [0.15, 0.2) is 66.7 Å². The second kappa shape index (κ2) is 9.23. The number of nitrogens with one attached hydrogen (secondary N) is 2. The van der Waals surface area contributed by atoms with Crippen molar-refractivity contribution in [2.75, 3.05) is 11.9 Å². The van der Waals surface area contributed by atoms with Crippen molar-refractivity contribution in [2.24, 2.45) is 0 Å². The molecule has 5 rings (SSSR count). The maximum atomic E-state index is 13.5. The first-order valence-corrected chi connectivity index (χ1v) is 11.8. The minimum Gasteiger partial charge on any atom is -0.490 e. The highest BCUT2D eigenvalue weighted by molar-refractivity contribution is 6.07. The molecule has 8 nitrogen and oxygen atoms in total. The molecule has 1 spiro atoms. The topological polar surface area (TPSA) is 103 Å². The number of halogens is 1. The van der Waals surface area contributed by atoms with Crippen molar-refractivity contribution in [3.05, 3.63) is 99.4 Å². The van der Waals surface area contributed by atoms with Crippen LogP contribution in [0.4, 0.5) is 10.1 Å². The van der Waals surface area contributed by atoms with E-state index in [4.69, 9.17) is 9.47 Å². The van der Waals surface area contributed by atoms with Gasteiger partial charge in [-0.15, -0.1) is 0 Å². The first-order chi connectivity index (χ1) is 17.3. The number of nitrogens with zero attached hydrogens (tertiary/aromatic N) is 1. The van der Waals surface area contributed by atoms with Crippen molar-refractivity contribution in [3.8, 4) is 11.5 Å². The van der Waals surface area contributed by atoms with Gasteiger partial charge >= 0.3 is 0 Å². The molecule has 0 bridgehead atoms. The first-order valence-electron chi connectivity index (χ1n) is 11.8. The number of anilines is 1. The number of ether oxygens (including phenoxy) is 2. The van der Waals surface area contributed by atoms with Crippen LogP contribution in [0, 0.1) is 15.9 Å². The van der Waals surface area contributed by atoms with Gasteiger partial charge in [0.2, 0.25) is 0 Å². The molecule has 2 N–H and O–H groups in total. The summed E-state index contributed by atoms with van der Waals surface area (Å²) in [5, 5.41) is 18.6. The lowest BCUT2D eigenvalue weighted by Gasteiger charge is -2.25. The molecule has 0 unspecified atom stereocenters. The number of rotatable bonds is 7. The quantitative estimate of drug-likeness (QED) is 0.376. The van der Waals surface area contributed by atoms with Crippen LogP contribution in [0.1, 0.15) is 36.5 Å². The normalized spacial score (nSPS) is 24.4. The first kappa shape index (κ1) is 23.7. The van der Waals surface area contributed by atoms with Gasteiger partial charge in [-0.25, -0.2) is 4.39 Å². The molecule has 1 fully saturated rings. The molecule has 0 aromatic heterocycles. The summed E-state index contributed by atoms with van der Waals surface area (Å²) < 4.78 is 25.2. The highest BCUT2D eigenvalue weighted by atomic mass is 19.1. The summed E-state index contributed by atoms with van der Waals surface area (Å²) in [5.74, 6) is -0.526. The van der Waals surface area contributed by atoms with E-state index in [9.17, 15) is 19.3 Å². The van der Waals surface area contributed by atoms with E-state index in [2.05, 4.69) is 10.6 Å². The lowest BCUT2D eigenvalue weighted by molar-refractivity contribution is -0.532. The minimum atomic E-state index is -1.48. The molecule has 3 aromatic rings. The van der Waals surface area contributed by atoms with Gasteiger partial charge in [-0.05, 0) is 55.3 Å². The van der Waals surface area contributed by atoms with E-state index in [1.54, 1.807) is 54.6 Å². The van der Waals surface area contributed by atoms with Crippen LogP contribution in [0.3, 0.4) is 0 Å². The summed E-state index contributed by atoms with van der Waals surface area (Å²) in [5.41, 5.74) is 0.989. The number of carbonyl (C=O) groups excluding carboxylic acids is 1. The number of hydrogen-bond donors (Lipinski definition) is 2. The second-order valence-corrected chi connectivity index (χ2v) is 9.05. The molecule has 1 amide bonds. The Labute approximate surface area is 207 Å². The summed E-state index contributed by atoms with van der Waals surface area (Å²) in [6.45, 7) is 4.17. The van der Waals surface area contributed by atoms with Crippen molar-refractivity contribution in [3.63, 3.8) is 0 Å². The maximum absolute atomic E-state index is 13.5. The lowest BCUT2D eigenvalue weighted by atomic mass is 9.78. The van der Waals surface area contributed by atoms with Crippen LogP contribution < -0.4 is 20.1 Å². The van der Waals surface area contributed by atoms with Gasteiger partial charge in [-0.3, -0.25) is 20.2 Å². The summed E-state index contributed by atoms with van der Waals surface area (Å²) in [6, 6.07) is 16.8. The fourth-order valence-electron chi connectivity index (χ4n) is 5.46. The zero-order valence-corrected chi connectivity index (χ0v) is 19.9. The Morgan fingerprint density at radius 1 is 1.06 bits per heavy atom. The van der Waals surface area contributed by atoms with E-state index >= 15 is 0 Å². The Balaban J connectivity index is 1.50. The highest BCUT2D eigenvalue weighted by Gasteiger charge is 2.67. The largest absolute Gasteiger partial charge is 0.490 e. The molecule has 0 aliphatic carbocycles. The van der Waals surface area contributed by atoms with Crippen LogP contribution in [0.25, 0.3) is 0 Å². The maximum Gasteiger partial charge on any atom is 0.256 e. The molecule has 4 atom stereocenters. The van der Waals surface area contributed by atoms with Crippen LogP contribution in [-0.4, -0.2) is 29.5 Å². The monoisotopic (exact) mass is 491 g/mol. The Bertz CT molecular complexity index is 1330. The standard InChI is InChI=1S/C27H26FN3O5/c1-3-35-23-14-18(11-12-22(23)36-15-17-7-6-8-19(28)13-17)24-16(2)30-27(25(24)31(33)34)20-9-4-5-10-21(20)29-26(27)32/h4-14,16,24-25,30H,3,15H2,1-2H3,(H,29,32)/t16-,24-,25+,27+/m0/s1. The van der Waals surface area contributed by atoms with E-state index in [0.717, 1.165) is 0 Å². The zero-order valence-electron chi connectivity index (χ0n) is 19.9. The van der Waals surface area contributed by atoms with E-state index in [0.29, 0.717) is 40.5 Å². The number of benzene rings is 3.